The fraction of sp³-hybridized carbons (Fsp3) is 0.273. The van der Waals surface area contributed by atoms with Gasteiger partial charge in [-0.05, 0) is 17.7 Å². The van der Waals surface area contributed by atoms with Gasteiger partial charge in [0, 0.05) is 11.4 Å². The van der Waals surface area contributed by atoms with Gasteiger partial charge in [0.1, 0.15) is 6.10 Å². The standard InChI is InChI=1S/C11H13ClN2O3/c12-5-7-1-3-8(4-2-7)11(17)14-6-9(15)10(13)16/h1-4,9,15H,5-6H2,(H2,13,16)(H,14,17). The zero-order chi connectivity index (χ0) is 12.8. The third-order valence-electron chi connectivity index (χ3n) is 2.15. The summed E-state index contributed by atoms with van der Waals surface area (Å²) in [6, 6.07) is 6.69. The van der Waals surface area contributed by atoms with E-state index >= 15 is 0 Å². The smallest absolute Gasteiger partial charge is 0.251 e. The average Bonchev–Trinajstić information content (AvgIpc) is 2.35. The largest absolute Gasteiger partial charge is 0.381 e. The molecule has 6 heteroatoms. The van der Waals surface area contributed by atoms with E-state index in [0.717, 1.165) is 5.56 Å². The van der Waals surface area contributed by atoms with Crippen molar-refractivity contribution in [3.05, 3.63) is 35.4 Å². The highest BCUT2D eigenvalue weighted by Gasteiger charge is 2.12. The molecule has 0 saturated heterocycles. The van der Waals surface area contributed by atoms with Crippen LogP contribution in [0, 0.1) is 0 Å². The minimum Gasteiger partial charge on any atom is -0.381 e. The molecule has 1 rings (SSSR count). The van der Waals surface area contributed by atoms with Gasteiger partial charge in [-0.25, -0.2) is 0 Å². The molecule has 0 fully saturated rings. The number of carbonyl (C=O) groups is 2. The number of carbonyl (C=O) groups excluding carboxylic acids is 2. The third-order valence-corrected chi connectivity index (χ3v) is 2.46. The molecule has 0 saturated carbocycles. The van der Waals surface area contributed by atoms with Crippen molar-refractivity contribution in [3.63, 3.8) is 0 Å². The SMILES string of the molecule is NC(=O)C(O)CNC(=O)c1ccc(CCl)cc1. The van der Waals surface area contributed by atoms with Gasteiger partial charge in [0.2, 0.25) is 5.91 Å². The van der Waals surface area contributed by atoms with Crippen molar-refractivity contribution in [2.45, 2.75) is 12.0 Å². The summed E-state index contributed by atoms with van der Waals surface area (Å²) in [5.74, 6) is -0.878. The zero-order valence-corrected chi connectivity index (χ0v) is 9.78. The predicted molar refractivity (Wildman–Crippen MR) is 63.5 cm³/mol. The van der Waals surface area contributed by atoms with Gasteiger partial charge in [-0.2, -0.15) is 0 Å². The molecule has 0 aromatic heterocycles. The van der Waals surface area contributed by atoms with Crippen LogP contribution in [-0.2, 0) is 10.7 Å². The van der Waals surface area contributed by atoms with E-state index in [4.69, 9.17) is 22.4 Å². The Morgan fingerprint density at radius 3 is 2.41 bits per heavy atom. The van der Waals surface area contributed by atoms with E-state index in [1.165, 1.54) is 0 Å². The van der Waals surface area contributed by atoms with Crippen molar-refractivity contribution in [2.24, 2.45) is 5.73 Å². The molecule has 0 radical (unpaired) electrons. The molecule has 1 unspecified atom stereocenters. The van der Waals surface area contributed by atoms with Crippen LogP contribution < -0.4 is 11.1 Å². The number of aliphatic hydroxyl groups is 1. The van der Waals surface area contributed by atoms with E-state index in [9.17, 15) is 9.59 Å². The molecule has 4 N–H and O–H groups in total. The lowest BCUT2D eigenvalue weighted by molar-refractivity contribution is -0.125. The summed E-state index contributed by atoms with van der Waals surface area (Å²) in [6.45, 7) is -0.203. The summed E-state index contributed by atoms with van der Waals surface area (Å²) >= 11 is 5.61. The van der Waals surface area contributed by atoms with Crippen LogP contribution in [0.3, 0.4) is 0 Å². The topological polar surface area (TPSA) is 92.4 Å². The third kappa shape index (κ3) is 4.05. The van der Waals surface area contributed by atoms with Crippen LogP contribution in [0.25, 0.3) is 0 Å². The maximum Gasteiger partial charge on any atom is 0.251 e. The first-order chi connectivity index (χ1) is 8.04. The van der Waals surface area contributed by atoms with Gasteiger partial charge in [-0.3, -0.25) is 9.59 Å². The van der Waals surface area contributed by atoms with E-state index in [-0.39, 0.29) is 12.5 Å². The molecule has 0 heterocycles. The van der Waals surface area contributed by atoms with Gasteiger partial charge in [0.25, 0.3) is 5.91 Å². The van der Waals surface area contributed by atoms with Crippen LogP contribution in [0.2, 0.25) is 0 Å². The molecule has 0 spiro atoms. The van der Waals surface area contributed by atoms with Gasteiger partial charge < -0.3 is 16.2 Å². The Labute approximate surface area is 104 Å². The van der Waals surface area contributed by atoms with Gasteiger partial charge in [0.05, 0.1) is 6.54 Å². The second-order valence-electron chi connectivity index (χ2n) is 3.46. The Morgan fingerprint density at radius 2 is 1.94 bits per heavy atom. The minimum absolute atomic E-state index is 0.203. The second kappa shape index (κ2) is 6.22. The molecule has 0 aliphatic heterocycles. The molecule has 0 bridgehead atoms. The highest BCUT2D eigenvalue weighted by molar-refractivity contribution is 6.17. The van der Waals surface area contributed by atoms with Crippen molar-refractivity contribution in [3.8, 4) is 0 Å². The highest BCUT2D eigenvalue weighted by atomic mass is 35.5. The Hall–Kier alpha value is -1.59. The maximum absolute atomic E-state index is 11.6. The first-order valence-corrected chi connectivity index (χ1v) is 5.48. The van der Waals surface area contributed by atoms with E-state index < -0.39 is 12.0 Å². The van der Waals surface area contributed by atoms with E-state index in [1.807, 2.05) is 0 Å². The van der Waals surface area contributed by atoms with Crippen LogP contribution in [0.4, 0.5) is 0 Å². The summed E-state index contributed by atoms with van der Waals surface area (Å²) in [7, 11) is 0. The van der Waals surface area contributed by atoms with E-state index in [2.05, 4.69) is 5.32 Å². The molecule has 1 atom stereocenters. The summed E-state index contributed by atoms with van der Waals surface area (Å²) in [5.41, 5.74) is 6.17. The first kappa shape index (κ1) is 13.5. The minimum atomic E-state index is -1.37. The Kier molecular flexibility index (Phi) is 4.93. The number of hydrogen-bond donors (Lipinski definition) is 3. The first-order valence-electron chi connectivity index (χ1n) is 4.95. The van der Waals surface area contributed by atoms with E-state index in [0.29, 0.717) is 11.4 Å². The van der Waals surface area contributed by atoms with Crippen molar-refractivity contribution in [1.29, 1.82) is 0 Å². The molecule has 2 amide bonds. The number of amides is 2. The lowest BCUT2D eigenvalue weighted by Gasteiger charge is -2.08. The van der Waals surface area contributed by atoms with Gasteiger partial charge >= 0.3 is 0 Å². The molecule has 17 heavy (non-hydrogen) atoms. The number of benzene rings is 1. The summed E-state index contributed by atoms with van der Waals surface area (Å²) in [6.07, 6.45) is -1.37. The van der Waals surface area contributed by atoms with Crippen LogP contribution in [-0.4, -0.2) is 29.6 Å². The summed E-state index contributed by atoms with van der Waals surface area (Å²) < 4.78 is 0. The Balaban J connectivity index is 2.55. The fourth-order valence-electron chi connectivity index (χ4n) is 1.14. The maximum atomic E-state index is 11.6. The second-order valence-corrected chi connectivity index (χ2v) is 3.73. The van der Waals surface area contributed by atoms with Crippen molar-refractivity contribution < 1.29 is 14.7 Å². The number of primary amides is 1. The normalized spacial score (nSPS) is 11.9. The molecule has 92 valence electrons. The lowest BCUT2D eigenvalue weighted by Crippen LogP contribution is -2.39. The quantitative estimate of drug-likeness (QED) is 0.648. The molecule has 0 aliphatic carbocycles. The van der Waals surface area contributed by atoms with Crippen LogP contribution in [0.15, 0.2) is 24.3 Å². The fourth-order valence-corrected chi connectivity index (χ4v) is 1.32. The Morgan fingerprint density at radius 1 is 1.35 bits per heavy atom. The molecule has 1 aromatic rings. The van der Waals surface area contributed by atoms with Crippen LogP contribution in [0.1, 0.15) is 15.9 Å². The number of halogens is 1. The number of aliphatic hydroxyl groups excluding tert-OH is 1. The van der Waals surface area contributed by atoms with Crippen molar-refractivity contribution in [2.75, 3.05) is 6.54 Å². The highest BCUT2D eigenvalue weighted by Crippen LogP contribution is 2.06. The average molecular weight is 257 g/mol. The van der Waals surface area contributed by atoms with Gasteiger partial charge in [-0.15, -0.1) is 11.6 Å². The van der Waals surface area contributed by atoms with Gasteiger partial charge in [0.15, 0.2) is 0 Å². The number of rotatable bonds is 5. The number of nitrogens with two attached hydrogens (primary N) is 1. The predicted octanol–water partition coefficient (Wildman–Crippen LogP) is 0.00140. The number of alkyl halides is 1. The molecule has 1 aromatic carbocycles. The molecular weight excluding hydrogens is 244 g/mol. The number of nitrogens with one attached hydrogen (secondary N) is 1. The van der Waals surface area contributed by atoms with Crippen molar-refractivity contribution in [1.82, 2.24) is 5.32 Å². The van der Waals surface area contributed by atoms with E-state index in [1.54, 1.807) is 24.3 Å². The molecular formula is C11H13ClN2O3. The summed E-state index contributed by atoms with van der Waals surface area (Å²) in [4.78, 5) is 22.1. The van der Waals surface area contributed by atoms with Crippen LogP contribution in [0.5, 0.6) is 0 Å². The lowest BCUT2D eigenvalue weighted by atomic mass is 10.1. The van der Waals surface area contributed by atoms with Crippen LogP contribution >= 0.6 is 11.6 Å². The number of hydrogen-bond acceptors (Lipinski definition) is 3. The summed E-state index contributed by atoms with van der Waals surface area (Å²) in [5, 5.41) is 11.5. The molecule has 0 aliphatic rings. The zero-order valence-electron chi connectivity index (χ0n) is 9.02. The molecule has 5 nitrogen and oxygen atoms in total. The monoisotopic (exact) mass is 256 g/mol. The van der Waals surface area contributed by atoms with Gasteiger partial charge in [-0.1, -0.05) is 12.1 Å². The Bertz CT molecular complexity index is 406. The van der Waals surface area contributed by atoms with Crippen molar-refractivity contribution >= 4 is 23.4 Å².